The largest absolute Gasteiger partial charge is 0.495 e. The molecule has 0 heterocycles. The van der Waals surface area contributed by atoms with E-state index in [2.05, 4.69) is 16.0 Å². The predicted molar refractivity (Wildman–Crippen MR) is 78.1 cm³/mol. The molecule has 0 aliphatic rings. The molecule has 0 aliphatic heterocycles. The van der Waals surface area contributed by atoms with Crippen molar-refractivity contribution >= 4 is 23.9 Å². The molecule has 3 N–H and O–H groups in total. The summed E-state index contributed by atoms with van der Waals surface area (Å²) in [5, 5.41) is 7.44. The molecule has 7 heteroatoms. The van der Waals surface area contributed by atoms with Crippen LogP contribution >= 0.6 is 0 Å². The number of aryl methyl sites for hydroxylation is 1. The molecule has 0 atom stereocenters. The van der Waals surface area contributed by atoms with Gasteiger partial charge in [0, 0.05) is 13.1 Å². The van der Waals surface area contributed by atoms with Crippen LogP contribution in [0.1, 0.15) is 12.0 Å². The molecule has 114 valence electrons. The van der Waals surface area contributed by atoms with Gasteiger partial charge in [-0.1, -0.05) is 6.07 Å². The summed E-state index contributed by atoms with van der Waals surface area (Å²) < 4.78 is 5.12. The van der Waals surface area contributed by atoms with Crippen LogP contribution in [0.3, 0.4) is 0 Å². The molecule has 7 nitrogen and oxygen atoms in total. The highest BCUT2D eigenvalue weighted by molar-refractivity contribution is 6.39. The Morgan fingerprint density at radius 1 is 1.24 bits per heavy atom. The number of carbonyl (C=O) groups is 3. The number of carbonyl (C=O) groups excluding carboxylic acids is 3. The molecule has 0 unspecified atom stereocenters. The molecule has 1 aromatic carbocycles. The van der Waals surface area contributed by atoms with Crippen molar-refractivity contribution in [2.24, 2.45) is 0 Å². The third-order valence-corrected chi connectivity index (χ3v) is 2.68. The summed E-state index contributed by atoms with van der Waals surface area (Å²) in [4.78, 5) is 33.4. The minimum atomic E-state index is -0.762. The molecule has 1 aromatic rings. The SMILES string of the molecule is COc1ccc(C)cc1NC(=O)C(=O)NCCCNC=O. The minimum Gasteiger partial charge on any atom is -0.495 e. The normalized spacial score (nSPS) is 9.62. The van der Waals surface area contributed by atoms with E-state index in [9.17, 15) is 14.4 Å². The van der Waals surface area contributed by atoms with Gasteiger partial charge in [-0.05, 0) is 31.0 Å². The zero-order valence-corrected chi connectivity index (χ0v) is 12.1. The van der Waals surface area contributed by atoms with Crippen molar-refractivity contribution in [3.8, 4) is 5.75 Å². The van der Waals surface area contributed by atoms with Crippen molar-refractivity contribution in [2.45, 2.75) is 13.3 Å². The molecule has 0 fully saturated rings. The Kier molecular flexibility index (Phi) is 6.73. The maximum atomic E-state index is 11.8. The lowest BCUT2D eigenvalue weighted by Gasteiger charge is -2.11. The van der Waals surface area contributed by atoms with E-state index in [1.807, 2.05) is 13.0 Å². The first kappa shape index (κ1) is 16.5. The number of hydrogen-bond acceptors (Lipinski definition) is 4. The lowest BCUT2D eigenvalue weighted by atomic mass is 10.2. The average Bonchev–Trinajstić information content (AvgIpc) is 2.47. The van der Waals surface area contributed by atoms with Crippen LogP contribution < -0.4 is 20.7 Å². The van der Waals surface area contributed by atoms with Crippen molar-refractivity contribution in [2.75, 3.05) is 25.5 Å². The van der Waals surface area contributed by atoms with E-state index >= 15 is 0 Å². The fourth-order valence-corrected chi connectivity index (χ4v) is 1.63. The highest BCUT2D eigenvalue weighted by Crippen LogP contribution is 2.24. The van der Waals surface area contributed by atoms with Gasteiger partial charge in [0.2, 0.25) is 6.41 Å². The lowest BCUT2D eigenvalue weighted by molar-refractivity contribution is -0.136. The molecule has 0 bridgehead atoms. The van der Waals surface area contributed by atoms with Gasteiger partial charge in [0.15, 0.2) is 0 Å². The summed E-state index contributed by atoms with van der Waals surface area (Å²) in [5.41, 5.74) is 1.38. The zero-order chi connectivity index (χ0) is 15.7. The van der Waals surface area contributed by atoms with Crippen molar-refractivity contribution in [3.05, 3.63) is 23.8 Å². The van der Waals surface area contributed by atoms with Crippen LogP contribution in [0.15, 0.2) is 18.2 Å². The number of hydrogen-bond donors (Lipinski definition) is 3. The van der Waals surface area contributed by atoms with E-state index in [0.717, 1.165) is 5.56 Å². The quantitative estimate of drug-likeness (QED) is 0.380. The van der Waals surface area contributed by atoms with Crippen LogP contribution in [0, 0.1) is 6.92 Å². The summed E-state index contributed by atoms with van der Waals surface area (Å²) in [6.45, 7) is 2.62. The Balaban J connectivity index is 2.50. The van der Waals surface area contributed by atoms with E-state index < -0.39 is 11.8 Å². The Bertz CT molecular complexity index is 517. The van der Waals surface area contributed by atoms with Crippen molar-refractivity contribution in [1.29, 1.82) is 0 Å². The standard InChI is InChI=1S/C14H19N3O4/c1-10-4-5-12(21-2)11(8-10)17-14(20)13(19)16-7-3-6-15-9-18/h4-5,8-9H,3,6-7H2,1-2H3,(H,15,18)(H,16,19)(H,17,20). The van der Waals surface area contributed by atoms with Crippen molar-refractivity contribution < 1.29 is 19.1 Å². The molecule has 1 rings (SSSR count). The zero-order valence-electron chi connectivity index (χ0n) is 12.1. The Morgan fingerprint density at radius 3 is 2.67 bits per heavy atom. The molecule has 0 aliphatic carbocycles. The average molecular weight is 293 g/mol. The number of methoxy groups -OCH3 is 1. The van der Waals surface area contributed by atoms with E-state index in [4.69, 9.17) is 4.74 Å². The first-order chi connectivity index (χ1) is 10.1. The van der Waals surface area contributed by atoms with Gasteiger partial charge in [-0.2, -0.15) is 0 Å². The summed E-state index contributed by atoms with van der Waals surface area (Å²) in [5.74, 6) is -1.01. The van der Waals surface area contributed by atoms with Gasteiger partial charge in [0.25, 0.3) is 0 Å². The first-order valence-corrected chi connectivity index (χ1v) is 6.49. The maximum Gasteiger partial charge on any atom is 0.313 e. The third kappa shape index (κ3) is 5.52. The second kappa shape index (κ2) is 8.57. The lowest BCUT2D eigenvalue weighted by Crippen LogP contribution is -2.36. The smallest absolute Gasteiger partial charge is 0.313 e. The Labute approximate surface area is 123 Å². The van der Waals surface area contributed by atoms with Crippen LogP contribution in [0.4, 0.5) is 5.69 Å². The molecule has 0 aromatic heterocycles. The Morgan fingerprint density at radius 2 is 2.00 bits per heavy atom. The molecule has 0 spiro atoms. The third-order valence-electron chi connectivity index (χ3n) is 2.68. The molecular weight excluding hydrogens is 274 g/mol. The molecule has 0 radical (unpaired) electrons. The van der Waals surface area contributed by atoms with Gasteiger partial charge in [-0.25, -0.2) is 0 Å². The van der Waals surface area contributed by atoms with Gasteiger partial charge in [-0.3, -0.25) is 14.4 Å². The number of anilines is 1. The first-order valence-electron chi connectivity index (χ1n) is 6.49. The maximum absolute atomic E-state index is 11.8. The van der Waals surface area contributed by atoms with Gasteiger partial charge in [0.05, 0.1) is 12.8 Å². The van der Waals surface area contributed by atoms with E-state index in [-0.39, 0.29) is 0 Å². The second-order valence-electron chi connectivity index (χ2n) is 4.34. The molecule has 0 saturated heterocycles. The van der Waals surface area contributed by atoms with Crippen molar-refractivity contribution in [1.82, 2.24) is 10.6 Å². The molecule has 21 heavy (non-hydrogen) atoms. The summed E-state index contributed by atoms with van der Waals surface area (Å²) in [6, 6.07) is 5.28. The van der Waals surface area contributed by atoms with Crippen LogP contribution in [-0.4, -0.2) is 38.4 Å². The van der Waals surface area contributed by atoms with Gasteiger partial charge in [-0.15, -0.1) is 0 Å². The predicted octanol–water partition coefficient (Wildman–Crippen LogP) is 0.194. The van der Waals surface area contributed by atoms with Crippen LogP contribution in [0.5, 0.6) is 5.75 Å². The number of amides is 3. The monoisotopic (exact) mass is 293 g/mol. The molecule has 3 amide bonds. The highest BCUT2D eigenvalue weighted by Gasteiger charge is 2.15. The van der Waals surface area contributed by atoms with E-state index in [1.165, 1.54) is 7.11 Å². The minimum absolute atomic E-state index is 0.304. The van der Waals surface area contributed by atoms with Gasteiger partial charge >= 0.3 is 11.8 Å². The van der Waals surface area contributed by atoms with E-state index in [0.29, 0.717) is 37.4 Å². The number of nitrogens with one attached hydrogen (secondary N) is 3. The molecule has 0 saturated carbocycles. The topological polar surface area (TPSA) is 96.5 Å². The van der Waals surface area contributed by atoms with Crippen molar-refractivity contribution in [3.63, 3.8) is 0 Å². The highest BCUT2D eigenvalue weighted by atomic mass is 16.5. The van der Waals surface area contributed by atoms with Gasteiger partial charge < -0.3 is 20.7 Å². The number of benzene rings is 1. The summed E-state index contributed by atoms with van der Waals surface area (Å²) in [6.07, 6.45) is 1.13. The summed E-state index contributed by atoms with van der Waals surface area (Å²) >= 11 is 0. The molecular formula is C14H19N3O4. The van der Waals surface area contributed by atoms with E-state index in [1.54, 1.807) is 12.1 Å². The fraction of sp³-hybridized carbons (Fsp3) is 0.357. The van der Waals surface area contributed by atoms with Crippen LogP contribution in [-0.2, 0) is 14.4 Å². The van der Waals surface area contributed by atoms with Crippen LogP contribution in [0.2, 0.25) is 0 Å². The second-order valence-corrected chi connectivity index (χ2v) is 4.34. The Hall–Kier alpha value is -2.57. The number of ether oxygens (including phenoxy) is 1. The number of rotatable bonds is 7. The summed E-state index contributed by atoms with van der Waals surface area (Å²) in [7, 11) is 1.49. The van der Waals surface area contributed by atoms with Crippen LogP contribution in [0.25, 0.3) is 0 Å². The van der Waals surface area contributed by atoms with Gasteiger partial charge in [0.1, 0.15) is 5.75 Å². The fourth-order valence-electron chi connectivity index (χ4n) is 1.63.